The summed E-state index contributed by atoms with van der Waals surface area (Å²) < 4.78 is 11.6. The van der Waals surface area contributed by atoms with Crippen molar-refractivity contribution >= 4 is 23.2 Å². The lowest BCUT2D eigenvalue weighted by Gasteiger charge is -2.43. The van der Waals surface area contributed by atoms with E-state index in [2.05, 4.69) is 0 Å². The van der Waals surface area contributed by atoms with Crippen molar-refractivity contribution in [1.82, 2.24) is 0 Å². The summed E-state index contributed by atoms with van der Waals surface area (Å²) in [4.78, 5) is 0. The minimum atomic E-state index is -0.366. The lowest BCUT2D eigenvalue weighted by molar-refractivity contribution is -0.184. The van der Waals surface area contributed by atoms with E-state index in [1.54, 1.807) is 0 Å². The molecule has 3 nitrogen and oxygen atoms in total. The van der Waals surface area contributed by atoms with Crippen LogP contribution in [-0.2, 0) is 14.9 Å². The molecule has 1 saturated heterocycles. The van der Waals surface area contributed by atoms with E-state index in [4.69, 9.17) is 38.4 Å². The molecule has 3 rings (SSSR count). The molecule has 0 bridgehead atoms. The van der Waals surface area contributed by atoms with Crippen molar-refractivity contribution in [1.29, 1.82) is 0 Å². The van der Waals surface area contributed by atoms with E-state index in [0.29, 0.717) is 29.8 Å². The number of rotatable bonds is 2. The first-order chi connectivity index (χ1) is 9.59. The summed E-state index contributed by atoms with van der Waals surface area (Å²) in [5.41, 5.74) is 7.21. The van der Waals surface area contributed by atoms with Crippen molar-refractivity contribution < 1.29 is 9.47 Å². The van der Waals surface area contributed by atoms with Crippen LogP contribution in [-0.4, -0.2) is 25.5 Å². The summed E-state index contributed by atoms with van der Waals surface area (Å²) in [6, 6.07) is 5.84. The second-order valence-electron chi connectivity index (χ2n) is 5.72. The van der Waals surface area contributed by atoms with Gasteiger partial charge in [-0.15, -0.1) is 0 Å². The van der Waals surface area contributed by atoms with Gasteiger partial charge < -0.3 is 15.2 Å². The van der Waals surface area contributed by atoms with Crippen LogP contribution in [0.3, 0.4) is 0 Å². The Bertz CT molecular complexity index is 491. The molecule has 0 radical (unpaired) electrons. The Labute approximate surface area is 129 Å². The average molecular weight is 316 g/mol. The lowest BCUT2D eigenvalue weighted by Crippen LogP contribution is -2.45. The molecule has 1 aromatic carbocycles. The van der Waals surface area contributed by atoms with Crippen LogP contribution in [0.25, 0.3) is 0 Å². The fraction of sp³-hybridized carbons (Fsp3) is 0.600. The molecule has 0 unspecified atom stereocenters. The number of hydrogen-bond acceptors (Lipinski definition) is 3. The van der Waals surface area contributed by atoms with Gasteiger partial charge in [-0.3, -0.25) is 0 Å². The third-order valence-corrected chi connectivity index (χ3v) is 5.44. The van der Waals surface area contributed by atoms with Crippen molar-refractivity contribution in [2.75, 3.05) is 19.8 Å². The maximum Gasteiger partial charge on any atom is 0.168 e. The molecule has 0 atom stereocenters. The molecule has 1 spiro atoms. The summed E-state index contributed by atoms with van der Waals surface area (Å²) in [7, 11) is 0. The van der Waals surface area contributed by atoms with E-state index in [1.807, 2.05) is 18.2 Å². The number of nitrogens with two attached hydrogens (primary N) is 1. The molecule has 2 N–H and O–H groups in total. The van der Waals surface area contributed by atoms with Gasteiger partial charge in [0, 0.05) is 24.8 Å². The molecule has 2 aliphatic rings. The molecule has 1 aromatic rings. The van der Waals surface area contributed by atoms with E-state index in [1.165, 1.54) is 5.56 Å². The summed E-state index contributed by atoms with van der Waals surface area (Å²) in [5, 5.41) is 1.17. The van der Waals surface area contributed by atoms with Gasteiger partial charge in [-0.1, -0.05) is 29.3 Å². The van der Waals surface area contributed by atoms with Crippen LogP contribution in [0.5, 0.6) is 0 Å². The van der Waals surface area contributed by atoms with Gasteiger partial charge in [0.1, 0.15) is 0 Å². The highest BCUT2D eigenvalue weighted by Gasteiger charge is 2.46. The van der Waals surface area contributed by atoms with E-state index in [-0.39, 0.29) is 11.2 Å². The van der Waals surface area contributed by atoms with Gasteiger partial charge in [0.25, 0.3) is 0 Å². The van der Waals surface area contributed by atoms with Crippen LogP contribution < -0.4 is 5.73 Å². The monoisotopic (exact) mass is 315 g/mol. The lowest BCUT2D eigenvalue weighted by atomic mass is 9.68. The highest BCUT2D eigenvalue weighted by atomic mass is 35.5. The Morgan fingerprint density at radius 1 is 1.00 bits per heavy atom. The molecule has 1 aliphatic carbocycles. The molecular weight excluding hydrogens is 297 g/mol. The second kappa shape index (κ2) is 5.47. The van der Waals surface area contributed by atoms with Crippen molar-refractivity contribution in [3.63, 3.8) is 0 Å². The molecule has 1 saturated carbocycles. The minimum absolute atomic E-state index is 0.0468. The molecule has 20 heavy (non-hydrogen) atoms. The Hall–Kier alpha value is -0.320. The molecule has 110 valence electrons. The number of benzene rings is 1. The van der Waals surface area contributed by atoms with Crippen LogP contribution in [0.4, 0.5) is 0 Å². The second-order valence-corrected chi connectivity index (χ2v) is 6.54. The highest BCUT2D eigenvalue weighted by Crippen LogP contribution is 2.46. The van der Waals surface area contributed by atoms with E-state index in [9.17, 15) is 0 Å². The number of hydrogen-bond donors (Lipinski definition) is 1. The predicted molar refractivity (Wildman–Crippen MR) is 80.3 cm³/mol. The maximum absolute atomic E-state index is 6.15. The van der Waals surface area contributed by atoms with Gasteiger partial charge in [-0.2, -0.15) is 0 Å². The molecule has 1 heterocycles. The van der Waals surface area contributed by atoms with Crippen LogP contribution in [0.1, 0.15) is 31.2 Å². The van der Waals surface area contributed by atoms with Crippen molar-refractivity contribution in [2.45, 2.75) is 36.9 Å². The molecule has 1 aliphatic heterocycles. The summed E-state index contributed by atoms with van der Waals surface area (Å²) >= 11 is 12.2. The zero-order chi connectivity index (χ0) is 14.2. The van der Waals surface area contributed by atoms with Gasteiger partial charge in [0.15, 0.2) is 5.79 Å². The van der Waals surface area contributed by atoms with Gasteiger partial charge in [-0.25, -0.2) is 0 Å². The van der Waals surface area contributed by atoms with E-state index in [0.717, 1.165) is 25.7 Å². The van der Waals surface area contributed by atoms with E-state index < -0.39 is 0 Å². The molecule has 2 fully saturated rings. The Kier molecular flexibility index (Phi) is 3.99. The fourth-order valence-electron chi connectivity index (χ4n) is 3.33. The third kappa shape index (κ3) is 2.46. The van der Waals surface area contributed by atoms with Crippen LogP contribution in [0.2, 0.25) is 10.0 Å². The smallest absolute Gasteiger partial charge is 0.168 e. The molecular formula is C15H19Cl2NO2. The van der Waals surface area contributed by atoms with Crippen LogP contribution in [0, 0.1) is 0 Å². The zero-order valence-corrected chi connectivity index (χ0v) is 12.8. The first-order valence-corrected chi connectivity index (χ1v) is 7.78. The Morgan fingerprint density at radius 2 is 1.65 bits per heavy atom. The van der Waals surface area contributed by atoms with Crippen molar-refractivity contribution in [2.24, 2.45) is 5.73 Å². The summed E-state index contributed by atoms with van der Waals surface area (Å²) in [5.74, 6) is -0.366. The Balaban J connectivity index is 1.84. The zero-order valence-electron chi connectivity index (χ0n) is 11.3. The molecule has 0 aromatic heterocycles. The summed E-state index contributed by atoms with van der Waals surface area (Å²) in [6.07, 6.45) is 3.65. The van der Waals surface area contributed by atoms with Gasteiger partial charge >= 0.3 is 0 Å². The topological polar surface area (TPSA) is 44.5 Å². The standard InChI is InChI=1S/C15H19Cl2NO2/c16-12-2-1-11(9-13(12)17)14(10-18)3-5-15(6-4-14)19-7-8-20-15/h1-2,9H,3-8,10,18H2. The normalized spacial score (nSPS) is 24.1. The number of ether oxygens (including phenoxy) is 2. The van der Waals surface area contributed by atoms with E-state index >= 15 is 0 Å². The SMILES string of the molecule is NCC1(c2ccc(Cl)c(Cl)c2)CCC2(CC1)OCCO2. The van der Waals surface area contributed by atoms with Crippen LogP contribution >= 0.6 is 23.2 Å². The first-order valence-electron chi connectivity index (χ1n) is 7.03. The van der Waals surface area contributed by atoms with Gasteiger partial charge in [-0.05, 0) is 30.5 Å². The molecule has 5 heteroatoms. The molecule has 0 amide bonds. The number of halogens is 2. The predicted octanol–water partition coefficient (Wildman–Crippen LogP) is 3.51. The third-order valence-electron chi connectivity index (χ3n) is 4.71. The fourth-order valence-corrected chi connectivity index (χ4v) is 3.63. The quantitative estimate of drug-likeness (QED) is 0.908. The van der Waals surface area contributed by atoms with Crippen molar-refractivity contribution in [3.05, 3.63) is 33.8 Å². The summed E-state index contributed by atoms with van der Waals surface area (Å²) in [6.45, 7) is 1.99. The average Bonchev–Trinajstić information content (AvgIpc) is 2.92. The van der Waals surface area contributed by atoms with Gasteiger partial charge in [0.05, 0.1) is 23.3 Å². The maximum atomic E-state index is 6.15. The largest absolute Gasteiger partial charge is 0.348 e. The van der Waals surface area contributed by atoms with Gasteiger partial charge in [0.2, 0.25) is 0 Å². The first kappa shape index (κ1) is 14.6. The van der Waals surface area contributed by atoms with Crippen LogP contribution in [0.15, 0.2) is 18.2 Å². The minimum Gasteiger partial charge on any atom is -0.348 e. The Morgan fingerprint density at radius 3 is 2.20 bits per heavy atom. The highest BCUT2D eigenvalue weighted by molar-refractivity contribution is 6.42. The van der Waals surface area contributed by atoms with Crippen molar-refractivity contribution in [3.8, 4) is 0 Å².